The van der Waals surface area contributed by atoms with E-state index < -0.39 is 11.6 Å². The van der Waals surface area contributed by atoms with Gasteiger partial charge in [-0.25, -0.2) is 13.8 Å². The second kappa shape index (κ2) is 4.11. The lowest BCUT2D eigenvalue weighted by atomic mass is 10.1. The van der Waals surface area contributed by atoms with Crippen molar-refractivity contribution in [2.24, 2.45) is 0 Å². The number of para-hydroxylation sites is 1. The molecular weight excluding hydrogens is 278 g/mol. The standard InChI is InChI=1S/C15H8F2N2S/c16-10-6-5-9(7-11(10)17)12-8-19-13-3-1-2-4-14(13)20-15(19)18-12/h1-8H. The lowest BCUT2D eigenvalue weighted by Crippen LogP contribution is -1.85. The van der Waals surface area contributed by atoms with E-state index in [9.17, 15) is 8.78 Å². The molecule has 0 saturated carbocycles. The monoisotopic (exact) mass is 286 g/mol. The molecule has 0 unspecified atom stereocenters. The first kappa shape index (κ1) is 11.5. The molecule has 2 nitrogen and oxygen atoms in total. The predicted molar refractivity (Wildman–Crippen MR) is 75.9 cm³/mol. The molecule has 0 spiro atoms. The normalized spacial score (nSPS) is 11.5. The van der Waals surface area contributed by atoms with Crippen LogP contribution < -0.4 is 0 Å². The Morgan fingerprint density at radius 1 is 1.00 bits per heavy atom. The number of hydrogen-bond acceptors (Lipinski definition) is 2. The molecule has 2 aromatic carbocycles. The summed E-state index contributed by atoms with van der Waals surface area (Å²) in [4.78, 5) is 5.32. The zero-order valence-corrected chi connectivity index (χ0v) is 11.0. The van der Waals surface area contributed by atoms with Gasteiger partial charge in [0.05, 0.1) is 15.9 Å². The Bertz CT molecular complexity index is 940. The maximum Gasteiger partial charge on any atom is 0.195 e. The summed E-state index contributed by atoms with van der Waals surface area (Å²) in [7, 11) is 0. The first-order chi connectivity index (χ1) is 9.72. The molecular formula is C15H8F2N2S. The van der Waals surface area contributed by atoms with Crippen molar-refractivity contribution in [3.8, 4) is 11.3 Å². The first-order valence-corrected chi connectivity index (χ1v) is 6.86. The van der Waals surface area contributed by atoms with E-state index in [0.29, 0.717) is 11.3 Å². The van der Waals surface area contributed by atoms with Crippen LogP contribution >= 0.6 is 11.3 Å². The van der Waals surface area contributed by atoms with Gasteiger partial charge < -0.3 is 0 Å². The molecule has 4 rings (SSSR count). The molecule has 0 amide bonds. The van der Waals surface area contributed by atoms with Gasteiger partial charge >= 0.3 is 0 Å². The predicted octanol–water partition coefficient (Wildman–Crippen LogP) is 4.49. The Morgan fingerprint density at radius 3 is 2.70 bits per heavy atom. The van der Waals surface area contributed by atoms with Crippen molar-refractivity contribution in [1.29, 1.82) is 0 Å². The van der Waals surface area contributed by atoms with E-state index in [-0.39, 0.29) is 0 Å². The van der Waals surface area contributed by atoms with Crippen molar-refractivity contribution in [2.45, 2.75) is 0 Å². The number of benzene rings is 2. The van der Waals surface area contributed by atoms with E-state index in [0.717, 1.165) is 21.2 Å². The maximum atomic E-state index is 13.3. The van der Waals surface area contributed by atoms with E-state index >= 15 is 0 Å². The Kier molecular flexibility index (Phi) is 2.37. The van der Waals surface area contributed by atoms with Crippen molar-refractivity contribution in [3.05, 3.63) is 60.3 Å². The number of imidazole rings is 1. The fourth-order valence-corrected chi connectivity index (χ4v) is 3.25. The Balaban J connectivity index is 1.94. The SMILES string of the molecule is Fc1ccc(-c2cn3c(n2)sc2ccccc23)cc1F. The molecule has 0 aliphatic rings. The summed E-state index contributed by atoms with van der Waals surface area (Å²) >= 11 is 1.57. The minimum absolute atomic E-state index is 0.573. The van der Waals surface area contributed by atoms with Crippen molar-refractivity contribution in [2.75, 3.05) is 0 Å². The average Bonchev–Trinajstić information content (AvgIpc) is 2.99. The molecule has 2 aromatic heterocycles. The zero-order chi connectivity index (χ0) is 13.7. The molecule has 0 atom stereocenters. The number of fused-ring (bicyclic) bond motifs is 3. The first-order valence-electron chi connectivity index (χ1n) is 6.04. The van der Waals surface area contributed by atoms with Gasteiger partial charge in [-0.3, -0.25) is 4.40 Å². The molecule has 5 heteroatoms. The van der Waals surface area contributed by atoms with Gasteiger partial charge in [0.25, 0.3) is 0 Å². The topological polar surface area (TPSA) is 17.3 Å². The fraction of sp³-hybridized carbons (Fsp3) is 0. The van der Waals surface area contributed by atoms with E-state index in [1.165, 1.54) is 12.1 Å². The summed E-state index contributed by atoms with van der Waals surface area (Å²) in [6.45, 7) is 0. The minimum Gasteiger partial charge on any atom is -0.290 e. The zero-order valence-electron chi connectivity index (χ0n) is 10.2. The van der Waals surface area contributed by atoms with Crippen LogP contribution in [-0.2, 0) is 0 Å². The van der Waals surface area contributed by atoms with E-state index in [2.05, 4.69) is 4.98 Å². The highest BCUT2D eigenvalue weighted by molar-refractivity contribution is 7.23. The number of rotatable bonds is 1. The molecule has 0 N–H and O–H groups in total. The van der Waals surface area contributed by atoms with Crippen LogP contribution in [0.4, 0.5) is 8.78 Å². The molecule has 0 bridgehead atoms. The molecule has 0 saturated heterocycles. The van der Waals surface area contributed by atoms with Gasteiger partial charge in [-0.2, -0.15) is 0 Å². The van der Waals surface area contributed by atoms with Gasteiger partial charge in [-0.15, -0.1) is 0 Å². The number of thiazole rings is 1. The lowest BCUT2D eigenvalue weighted by molar-refractivity contribution is 0.509. The van der Waals surface area contributed by atoms with Crippen LogP contribution in [0.1, 0.15) is 0 Å². The molecule has 0 aliphatic carbocycles. The van der Waals surface area contributed by atoms with Gasteiger partial charge in [-0.05, 0) is 30.3 Å². The summed E-state index contributed by atoms with van der Waals surface area (Å²) in [6.07, 6.45) is 1.85. The molecule has 20 heavy (non-hydrogen) atoms. The quantitative estimate of drug-likeness (QED) is 0.504. The van der Waals surface area contributed by atoms with Crippen LogP contribution in [0, 0.1) is 11.6 Å². The summed E-state index contributed by atoms with van der Waals surface area (Å²) in [5, 5.41) is 0. The number of nitrogens with zero attached hydrogens (tertiary/aromatic N) is 2. The second-order valence-electron chi connectivity index (χ2n) is 4.48. The second-order valence-corrected chi connectivity index (χ2v) is 5.49. The molecule has 4 aromatic rings. The Morgan fingerprint density at radius 2 is 1.85 bits per heavy atom. The van der Waals surface area contributed by atoms with E-state index in [1.54, 1.807) is 11.3 Å². The van der Waals surface area contributed by atoms with Crippen LogP contribution in [-0.4, -0.2) is 9.38 Å². The highest BCUT2D eigenvalue weighted by atomic mass is 32.1. The molecule has 0 aliphatic heterocycles. The third-order valence-corrected chi connectivity index (χ3v) is 4.25. The van der Waals surface area contributed by atoms with Crippen LogP contribution in [0.5, 0.6) is 0 Å². The molecule has 0 radical (unpaired) electrons. The van der Waals surface area contributed by atoms with Crippen molar-refractivity contribution in [1.82, 2.24) is 9.38 Å². The summed E-state index contributed by atoms with van der Waals surface area (Å²) in [6, 6.07) is 11.8. The van der Waals surface area contributed by atoms with E-state index in [4.69, 9.17) is 0 Å². The van der Waals surface area contributed by atoms with Crippen LogP contribution in [0.25, 0.3) is 26.4 Å². The van der Waals surface area contributed by atoms with Gasteiger partial charge in [0.2, 0.25) is 0 Å². The highest BCUT2D eigenvalue weighted by Crippen LogP contribution is 2.29. The molecule has 2 heterocycles. The largest absolute Gasteiger partial charge is 0.290 e. The highest BCUT2D eigenvalue weighted by Gasteiger charge is 2.11. The van der Waals surface area contributed by atoms with Gasteiger partial charge in [0.1, 0.15) is 0 Å². The summed E-state index contributed by atoms with van der Waals surface area (Å²) in [5.41, 5.74) is 2.28. The number of aromatic nitrogens is 2. The molecule has 98 valence electrons. The van der Waals surface area contributed by atoms with Crippen molar-refractivity contribution >= 4 is 26.5 Å². The van der Waals surface area contributed by atoms with Gasteiger partial charge in [0, 0.05) is 11.8 Å². The van der Waals surface area contributed by atoms with Gasteiger partial charge in [-0.1, -0.05) is 23.5 Å². The maximum absolute atomic E-state index is 13.3. The number of hydrogen-bond donors (Lipinski definition) is 0. The van der Waals surface area contributed by atoms with Crippen molar-refractivity contribution in [3.63, 3.8) is 0 Å². The number of halogens is 2. The third kappa shape index (κ3) is 1.63. The van der Waals surface area contributed by atoms with Gasteiger partial charge in [0.15, 0.2) is 16.6 Å². The minimum atomic E-state index is -0.858. The van der Waals surface area contributed by atoms with Crippen LogP contribution in [0.3, 0.4) is 0 Å². The third-order valence-electron chi connectivity index (χ3n) is 3.21. The lowest BCUT2D eigenvalue weighted by Gasteiger charge is -1.97. The Hall–Kier alpha value is -2.27. The van der Waals surface area contributed by atoms with Crippen LogP contribution in [0.2, 0.25) is 0 Å². The van der Waals surface area contributed by atoms with E-state index in [1.807, 2.05) is 34.9 Å². The average molecular weight is 286 g/mol. The van der Waals surface area contributed by atoms with Crippen LogP contribution in [0.15, 0.2) is 48.7 Å². The summed E-state index contributed by atoms with van der Waals surface area (Å²) < 4.78 is 29.4. The van der Waals surface area contributed by atoms with Crippen molar-refractivity contribution < 1.29 is 8.78 Å². The fourth-order valence-electron chi connectivity index (χ4n) is 2.24. The molecule has 0 fully saturated rings. The Labute approximate surface area is 116 Å². The smallest absolute Gasteiger partial charge is 0.195 e. The summed E-state index contributed by atoms with van der Waals surface area (Å²) in [5.74, 6) is -1.70.